The summed E-state index contributed by atoms with van der Waals surface area (Å²) in [6.07, 6.45) is 1.52. The number of hydrogen-bond donors (Lipinski definition) is 2. The van der Waals surface area contributed by atoms with Gasteiger partial charge >= 0.3 is 0 Å². The van der Waals surface area contributed by atoms with Gasteiger partial charge in [-0.15, -0.1) is 0 Å². The predicted octanol–water partition coefficient (Wildman–Crippen LogP) is 2.38. The molecule has 0 unspecified atom stereocenters. The lowest BCUT2D eigenvalue weighted by Gasteiger charge is -2.31. The normalized spacial score (nSPS) is 16.3. The van der Waals surface area contributed by atoms with Crippen LogP contribution >= 0.6 is 0 Å². The predicted molar refractivity (Wildman–Crippen MR) is 124 cm³/mol. The number of likely N-dealkylation sites (tertiary alicyclic amines) is 1. The third kappa shape index (κ3) is 5.67. The van der Waals surface area contributed by atoms with Crippen molar-refractivity contribution in [3.63, 3.8) is 0 Å². The van der Waals surface area contributed by atoms with Crippen LogP contribution in [0, 0.1) is 0 Å². The van der Waals surface area contributed by atoms with E-state index in [9.17, 15) is 18.0 Å². The van der Waals surface area contributed by atoms with E-state index in [1.54, 1.807) is 47.4 Å². The van der Waals surface area contributed by atoms with E-state index in [0.29, 0.717) is 30.5 Å². The van der Waals surface area contributed by atoms with E-state index in [2.05, 4.69) is 20.2 Å². The quantitative estimate of drug-likeness (QED) is 0.527. The molecule has 2 amide bonds. The number of nitrogens with zero attached hydrogens (tertiary/aromatic N) is 3. The summed E-state index contributed by atoms with van der Waals surface area (Å²) in [5.41, 5.74) is 1.41. The van der Waals surface area contributed by atoms with Gasteiger partial charge in [-0.3, -0.25) is 9.59 Å². The van der Waals surface area contributed by atoms with Crippen LogP contribution in [-0.4, -0.2) is 54.9 Å². The molecule has 1 fully saturated rings. The van der Waals surface area contributed by atoms with Crippen LogP contribution in [0.1, 0.15) is 31.6 Å². The largest absolute Gasteiger partial charge is 0.341 e. The molecule has 1 aliphatic heterocycles. The van der Waals surface area contributed by atoms with E-state index in [4.69, 9.17) is 4.52 Å². The fraction of sp³-hybridized carbons (Fsp3) is 0.304. The highest BCUT2D eigenvalue weighted by Gasteiger charge is 2.29. The Morgan fingerprint density at radius 3 is 2.56 bits per heavy atom. The maximum Gasteiger partial charge on any atom is 0.241 e. The highest BCUT2D eigenvalue weighted by molar-refractivity contribution is 7.89. The van der Waals surface area contributed by atoms with Crippen LogP contribution in [0.4, 0.5) is 5.69 Å². The molecule has 178 valence electrons. The Bertz CT molecular complexity index is 1260. The standard InChI is InChI=1S/C23H25N5O5S/c1-16(29)25-19-11-9-17(10-12-19)22-26-23(33-27-22)18-6-5-13-28(15-18)21(30)14-24-34(31,32)20-7-3-2-4-8-20/h2-4,7-12,18,24H,5-6,13-15H2,1H3,(H,25,29)/t18-/m1/s1. The van der Waals surface area contributed by atoms with Gasteiger partial charge in [-0.05, 0) is 49.2 Å². The molecule has 1 aromatic heterocycles. The van der Waals surface area contributed by atoms with Crippen LogP contribution in [0.2, 0.25) is 0 Å². The number of aromatic nitrogens is 2. The summed E-state index contributed by atoms with van der Waals surface area (Å²) in [6.45, 7) is 2.03. The number of amides is 2. The van der Waals surface area contributed by atoms with Crippen molar-refractivity contribution in [2.75, 3.05) is 25.0 Å². The summed E-state index contributed by atoms with van der Waals surface area (Å²) < 4.78 is 32.6. The van der Waals surface area contributed by atoms with E-state index >= 15 is 0 Å². The maximum absolute atomic E-state index is 12.7. The summed E-state index contributed by atoms with van der Waals surface area (Å²) in [5.74, 6) is 0.256. The Morgan fingerprint density at radius 1 is 1.12 bits per heavy atom. The summed E-state index contributed by atoms with van der Waals surface area (Å²) in [7, 11) is -3.76. The van der Waals surface area contributed by atoms with Gasteiger partial charge in [0.2, 0.25) is 33.6 Å². The average molecular weight is 484 g/mol. The van der Waals surface area contributed by atoms with Crippen molar-refractivity contribution in [2.24, 2.45) is 0 Å². The molecule has 3 aromatic rings. The fourth-order valence-corrected chi connectivity index (χ4v) is 4.78. The van der Waals surface area contributed by atoms with Crippen molar-refractivity contribution in [1.29, 1.82) is 0 Å². The van der Waals surface area contributed by atoms with Gasteiger partial charge in [0.05, 0.1) is 17.4 Å². The van der Waals surface area contributed by atoms with Gasteiger partial charge < -0.3 is 14.7 Å². The van der Waals surface area contributed by atoms with Crippen LogP contribution < -0.4 is 10.0 Å². The van der Waals surface area contributed by atoms with Gasteiger partial charge in [-0.1, -0.05) is 23.4 Å². The number of piperidine rings is 1. The van der Waals surface area contributed by atoms with Crippen LogP contribution in [0.3, 0.4) is 0 Å². The Balaban J connectivity index is 1.37. The maximum atomic E-state index is 12.7. The Labute approximate surface area is 197 Å². The van der Waals surface area contributed by atoms with Gasteiger partial charge in [0.1, 0.15) is 0 Å². The molecule has 2 N–H and O–H groups in total. The second kappa shape index (κ2) is 10.1. The Hall–Kier alpha value is -3.57. The molecular weight excluding hydrogens is 458 g/mol. The van der Waals surface area contributed by atoms with E-state index in [0.717, 1.165) is 18.4 Å². The molecule has 1 aliphatic rings. The van der Waals surface area contributed by atoms with E-state index in [1.165, 1.54) is 19.1 Å². The zero-order valence-corrected chi connectivity index (χ0v) is 19.4. The highest BCUT2D eigenvalue weighted by atomic mass is 32.2. The number of carbonyl (C=O) groups is 2. The Morgan fingerprint density at radius 2 is 1.85 bits per heavy atom. The summed E-state index contributed by atoms with van der Waals surface area (Å²) in [4.78, 5) is 30.1. The molecule has 0 aliphatic carbocycles. The topological polar surface area (TPSA) is 134 Å². The van der Waals surface area contributed by atoms with Crippen LogP contribution in [0.5, 0.6) is 0 Å². The first-order valence-electron chi connectivity index (χ1n) is 10.9. The number of carbonyl (C=O) groups excluding carboxylic acids is 2. The van der Waals surface area contributed by atoms with Gasteiger partial charge in [-0.25, -0.2) is 13.1 Å². The molecule has 0 saturated carbocycles. The second-order valence-corrected chi connectivity index (χ2v) is 9.80. The molecule has 4 rings (SSSR count). The van der Waals surface area contributed by atoms with Gasteiger partial charge in [0, 0.05) is 31.3 Å². The number of anilines is 1. The first kappa shape index (κ1) is 23.6. The molecule has 2 heterocycles. The van der Waals surface area contributed by atoms with Crippen molar-refractivity contribution in [2.45, 2.75) is 30.6 Å². The lowest BCUT2D eigenvalue weighted by Crippen LogP contribution is -2.44. The van der Waals surface area contributed by atoms with Crippen LogP contribution in [0.25, 0.3) is 11.4 Å². The van der Waals surface area contributed by atoms with E-state index in [1.807, 2.05) is 0 Å². The zero-order chi connectivity index (χ0) is 24.1. The van der Waals surface area contributed by atoms with Crippen molar-refractivity contribution in [3.8, 4) is 11.4 Å². The molecule has 0 radical (unpaired) electrons. The minimum atomic E-state index is -3.76. The third-order valence-electron chi connectivity index (χ3n) is 5.50. The first-order valence-corrected chi connectivity index (χ1v) is 12.3. The number of nitrogens with one attached hydrogen (secondary N) is 2. The SMILES string of the molecule is CC(=O)Nc1ccc(-c2noc([C@@H]3CCCN(C(=O)CNS(=O)(=O)c4ccccc4)C3)n2)cc1. The number of rotatable bonds is 7. The van der Waals surface area contributed by atoms with Crippen LogP contribution in [0.15, 0.2) is 64.0 Å². The molecule has 1 atom stereocenters. The monoisotopic (exact) mass is 483 g/mol. The molecule has 0 bridgehead atoms. The minimum Gasteiger partial charge on any atom is -0.341 e. The summed E-state index contributed by atoms with van der Waals surface area (Å²) >= 11 is 0. The molecular formula is C23H25N5O5S. The van der Waals surface area contributed by atoms with Crippen molar-refractivity contribution < 1.29 is 22.5 Å². The lowest BCUT2D eigenvalue weighted by atomic mass is 9.98. The number of benzene rings is 2. The van der Waals surface area contributed by atoms with E-state index < -0.39 is 10.0 Å². The van der Waals surface area contributed by atoms with Crippen molar-refractivity contribution >= 4 is 27.5 Å². The molecule has 0 spiro atoms. The molecule has 1 saturated heterocycles. The number of sulfonamides is 1. The molecule has 11 heteroatoms. The molecule has 2 aromatic carbocycles. The van der Waals surface area contributed by atoms with Crippen molar-refractivity contribution in [3.05, 3.63) is 60.5 Å². The summed E-state index contributed by atoms with van der Waals surface area (Å²) in [6, 6.07) is 15.0. The highest BCUT2D eigenvalue weighted by Crippen LogP contribution is 2.28. The smallest absolute Gasteiger partial charge is 0.241 e. The van der Waals surface area contributed by atoms with Gasteiger partial charge in [0.15, 0.2) is 0 Å². The van der Waals surface area contributed by atoms with Gasteiger partial charge in [-0.2, -0.15) is 4.98 Å². The number of hydrogen-bond acceptors (Lipinski definition) is 7. The first-order chi connectivity index (χ1) is 16.3. The average Bonchev–Trinajstić information content (AvgIpc) is 3.34. The molecule has 10 nitrogen and oxygen atoms in total. The third-order valence-corrected chi connectivity index (χ3v) is 6.91. The fourth-order valence-electron chi connectivity index (χ4n) is 3.78. The van der Waals surface area contributed by atoms with Crippen molar-refractivity contribution in [1.82, 2.24) is 19.8 Å². The van der Waals surface area contributed by atoms with Crippen LogP contribution in [-0.2, 0) is 19.6 Å². The van der Waals surface area contributed by atoms with Gasteiger partial charge in [0.25, 0.3) is 0 Å². The minimum absolute atomic E-state index is 0.114. The summed E-state index contributed by atoms with van der Waals surface area (Å²) in [5, 5.41) is 6.76. The molecule has 34 heavy (non-hydrogen) atoms. The second-order valence-electron chi connectivity index (χ2n) is 8.03. The zero-order valence-electron chi connectivity index (χ0n) is 18.6. The lowest BCUT2D eigenvalue weighted by molar-refractivity contribution is -0.131. The Kier molecular flexibility index (Phi) is 7.03. The van der Waals surface area contributed by atoms with E-state index in [-0.39, 0.29) is 29.2 Å².